The fourth-order valence-electron chi connectivity index (χ4n) is 5.03. The van der Waals surface area contributed by atoms with Crippen molar-refractivity contribution in [1.29, 1.82) is 0 Å². The van der Waals surface area contributed by atoms with Gasteiger partial charge in [-0.3, -0.25) is 9.79 Å². The number of anilines is 1. The largest absolute Gasteiger partial charge is 0.417 e. The van der Waals surface area contributed by atoms with Gasteiger partial charge in [-0.2, -0.15) is 13.2 Å². The van der Waals surface area contributed by atoms with Gasteiger partial charge in [0.1, 0.15) is 11.9 Å². The van der Waals surface area contributed by atoms with E-state index in [-0.39, 0.29) is 17.2 Å². The average Bonchev–Trinajstić information content (AvgIpc) is 3.45. The Hall–Kier alpha value is -2.55. The quantitative estimate of drug-likeness (QED) is 0.599. The molecule has 3 atom stereocenters. The minimum absolute atomic E-state index is 0.0286. The van der Waals surface area contributed by atoms with Gasteiger partial charge in [0.25, 0.3) is 0 Å². The number of thioether (sulfide) groups is 1. The summed E-state index contributed by atoms with van der Waals surface area (Å²) >= 11 is 1.63. The van der Waals surface area contributed by atoms with E-state index < -0.39 is 17.8 Å². The van der Waals surface area contributed by atoms with Crippen molar-refractivity contribution in [2.75, 3.05) is 18.4 Å². The van der Waals surface area contributed by atoms with Gasteiger partial charge in [0.15, 0.2) is 0 Å². The standard InChI is InChI=1S/C25H27F3N4OS/c1-16-31-21(22(34-16)17-5-3-2-4-6-17)23(33)32-12-11-24(9-10-24)13-19(32)15-30-20-8-7-18(14-29-20)25(26,27)28/h2-8,14,19,21-22H,9-13,15H2,1H3,(H,29,30). The molecule has 180 valence electrons. The molecule has 1 aliphatic carbocycles. The molecule has 3 unspecified atom stereocenters. The van der Waals surface area contributed by atoms with E-state index >= 15 is 0 Å². The predicted molar refractivity (Wildman–Crippen MR) is 128 cm³/mol. The number of nitrogens with zero attached hydrogens (tertiary/aromatic N) is 3. The molecule has 1 amide bonds. The third-order valence-electron chi connectivity index (χ3n) is 7.13. The van der Waals surface area contributed by atoms with E-state index in [2.05, 4.69) is 10.3 Å². The summed E-state index contributed by atoms with van der Waals surface area (Å²) in [6.07, 6.45) is 0.660. The lowest BCUT2D eigenvalue weighted by Gasteiger charge is -2.41. The normalized spacial score (nSPS) is 25.8. The van der Waals surface area contributed by atoms with Crippen LogP contribution in [0, 0.1) is 5.41 Å². The van der Waals surface area contributed by atoms with Crippen LogP contribution in [0.15, 0.2) is 53.7 Å². The number of piperidine rings is 1. The summed E-state index contributed by atoms with van der Waals surface area (Å²) in [5.74, 6) is 0.407. The van der Waals surface area contributed by atoms with Crippen molar-refractivity contribution in [3.8, 4) is 0 Å². The van der Waals surface area contributed by atoms with Gasteiger partial charge in [0.05, 0.1) is 15.9 Å². The second-order valence-electron chi connectivity index (χ2n) is 9.49. The number of alkyl halides is 3. The van der Waals surface area contributed by atoms with Crippen molar-refractivity contribution in [1.82, 2.24) is 9.88 Å². The third-order valence-corrected chi connectivity index (χ3v) is 8.36. The summed E-state index contributed by atoms with van der Waals surface area (Å²) in [5, 5.41) is 4.04. The average molecular weight is 489 g/mol. The Kier molecular flexibility index (Phi) is 6.08. The SMILES string of the molecule is CC1=NC(C(=O)N2CCC3(CC3)CC2CNc2ccc(C(F)(F)F)cn2)C(c2ccccc2)S1. The number of aromatic nitrogens is 1. The highest BCUT2D eigenvalue weighted by molar-refractivity contribution is 8.14. The van der Waals surface area contributed by atoms with E-state index in [4.69, 9.17) is 4.99 Å². The number of carbonyl (C=O) groups is 1. The summed E-state index contributed by atoms with van der Waals surface area (Å²) in [5.41, 5.74) is 0.619. The molecule has 1 aromatic carbocycles. The Balaban J connectivity index is 1.32. The van der Waals surface area contributed by atoms with E-state index in [1.807, 2.05) is 42.2 Å². The van der Waals surface area contributed by atoms with Crippen LogP contribution < -0.4 is 5.32 Å². The molecule has 1 aromatic heterocycles. The Morgan fingerprint density at radius 2 is 1.94 bits per heavy atom. The first-order valence-corrected chi connectivity index (χ1v) is 12.5. The number of hydrogen-bond acceptors (Lipinski definition) is 5. The number of rotatable bonds is 5. The van der Waals surface area contributed by atoms with Crippen LogP contribution in [0.1, 0.15) is 49.0 Å². The Morgan fingerprint density at radius 1 is 1.18 bits per heavy atom. The zero-order chi connectivity index (χ0) is 23.9. The monoisotopic (exact) mass is 488 g/mol. The summed E-state index contributed by atoms with van der Waals surface area (Å²) < 4.78 is 38.5. The molecule has 1 saturated carbocycles. The number of pyridine rings is 1. The van der Waals surface area contributed by atoms with Crippen LogP contribution in [0.5, 0.6) is 0 Å². The molecule has 9 heteroatoms. The molecule has 5 nitrogen and oxygen atoms in total. The minimum atomic E-state index is -4.41. The molecule has 2 aliphatic heterocycles. The Labute approximate surface area is 201 Å². The molecule has 3 heterocycles. The first kappa shape index (κ1) is 23.2. The number of nitrogens with one attached hydrogen (secondary N) is 1. The van der Waals surface area contributed by atoms with E-state index in [1.165, 1.54) is 18.9 Å². The number of carbonyl (C=O) groups excluding carboxylic acids is 1. The summed E-state index contributed by atoms with van der Waals surface area (Å²) in [4.78, 5) is 24.4. The number of halogens is 3. The molecule has 34 heavy (non-hydrogen) atoms. The van der Waals surface area contributed by atoms with Gasteiger partial charge in [-0.05, 0) is 55.7 Å². The molecular weight excluding hydrogens is 461 g/mol. The summed E-state index contributed by atoms with van der Waals surface area (Å²) in [6, 6.07) is 11.9. The topological polar surface area (TPSA) is 57.6 Å². The number of amides is 1. The van der Waals surface area contributed by atoms with Crippen molar-refractivity contribution in [3.63, 3.8) is 0 Å². The van der Waals surface area contributed by atoms with Crippen LogP contribution in [0.4, 0.5) is 19.0 Å². The van der Waals surface area contributed by atoms with Crippen LogP contribution >= 0.6 is 11.8 Å². The lowest BCUT2D eigenvalue weighted by Crippen LogP contribution is -2.53. The summed E-state index contributed by atoms with van der Waals surface area (Å²) in [7, 11) is 0. The van der Waals surface area contributed by atoms with Crippen molar-refractivity contribution in [2.24, 2.45) is 10.4 Å². The minimum Gasteiger partial charge on any atom is -0.368 e. The number of benzene rings is 1. The molecule has 1 spiro atoms. The van der Waals surface area contributed by atoms with Gasteiger partial charge in [-0.25, -0.2) is 4.98 Å². The third kappa shape index (κ3) is 4.80. The fraction of sp³-hybridized carbons (Fsp3) is 0.480. The first-order valence-electron chi connectivity index (χ1n) is 11.6. The van der Waals surface area contributed by atoms with Gasteiger partial charge < -0.3 is 10.2 Å². The number of likely N-dealkylation sites (tertiary alicyclic amines) is 1. The van der Waals surface area contributed by atoms with Crippen LogP contribution in [0.25, 0.3) is 0 Å². The Bertz CT molecular complexity index is 1070. The van der Waals surface area contributed by atoms with Gasteiger partial charge >= 0.3 is 6.18 Å². The van der Waals surface area contributed by atoms with Gasteiger partial charge in [0.2, 0.25) is 5.91 Å². The van der Waals surface area contributed by atoms with Crippen molar-refractivity contribution in [3.05, 3.63) is 59.8 Å². The molecule has 1 saturated heterocycles. The summed E-state index contributed by atoms with van der Waals surface area (Å²) in [6.45, 7) is 3.08. The molecule has 3 aliphatic rings. The van der Waals surface area contributed by atoms with E-state index in [9.17, 15) is 18.0 Å². The second-order valence-corrected chi connectivity index (χ2v) is 10.8. The first-order chi connectivity index (χ1) is 16.2. The molecule has 0 radical (unpaired) electrons. The highest BCUT2D eigenvalue weighted by Gasteiger charge is 2.50. The van der Waals surface area contributed by atoms with E-state index in [1.54, 1.807) is 11.8 Å². The van der Waals surface area contributed by atoms with Gasteiger partial charge in [-0.1, -0.05) is 30.3 Å². The molecule has 2 fully saturated rings. The second kappa shape index (κ2) is 8.91. The lowest BCUT2D eigenvalue weighted by molar-refractivity contribution is -0.138. The zero-order valence-electron chi connectivity index (χ0n) is 18.9. The lowest BCUT2D eigenvalue weighted by atomic mass is 9.87. The maximum Gasteiger partial charge on any atom is 0.417 e. The van der Waals surface area contributed by atoms with Crippen LogP contribution in [0.2, 0.25) is 0 Å². The van der Waals surface area contributed by atoms with Crippen molar-refractivity contribution in [2.45, 2.75) is 56.1 Å². The highest BCUT2D eigenvalue weighted by Crippen LogP contribution is 2.55. The van der Waals surface area contributed by atoms with Gasteiger partial charge in [0, 0.05) is 25.3 Å². The fourth-order valence-corrected chi connectivity index (χ4v) is 6.18. The molecule has 1 N–H and O–H groups in total. The maximum atomic E-state index is 13.8. The van der Waals surface area contributed by atoms with Crippen LogP contribution in [-0.2, 0) is 11.0 Å². The van der Waals surface area contributed by atoms with E-state index in [0.29, 0.717) is 24.3 Å². The van der Waals surface area contributed by atoms with Gasteiger partial charge in [-0.15, -0.1) is 11.8 Å². The highest BCUT2D eigenvalue weighted by atomic mass is 32.2. The smallest absolute Gasteiger partial charge is 0.368 e. The predicted octanol–water partition coefficient (Wildman–Crippen LogP) is 5.56. The zero-order valence-corrected chi connectivity index (χ0v) is 19.7. The molecule has 2 aromatic rings. The number of hydrogen-bond donors (Lipinski definition) is 1. The van der Waals surface area contributed by atoms with E-state index in [0.717, 1.165) is 35.7 Å². The molecule has 0 bridgehead atoms. The molecular formula is C25H27F3N4OS. The van der Waals surface area contributed by atoms with Crippen LogP contribution in [0.3, 0.4) is 0 Å². The number of aliphatic imine (C=N–C) groups is 1. The molecule has 5 rings (SSSR count). The van der Waals surface area contributed by atoms with Crippen LogP contribution in [-0.4, -0.2) is 46.0 Å². The maximum absolute atomic E-state index is 13.8. The van der Waals surface area contributed by atoms with Crippen molar-refractivity contribution >= 4 is 28.5 Å². The Morgan fingerprint density at radius 3 is 2.59 bits per heavy atom. The van der Waals surface area contributed by atoms with Crippen molar-refractivity contribution < 1.29 is 18.0 Å².